The fourth-order valence-corrected chi connectivity index (χ4v) is 0.784. The molecule has 0 radical (unpaired) electrons. The molecule has 0 atom stereocenters. The topological polar surface area (TPSA) is 47.8 Å². The standard InChI is InChI=1S/C8H11N3O/c1-6(2)8(12)4-7-5-9-11(3)10-7/h5H,1,4H2,2-3H3. The van der Waals surface area contributed by atoms with Crippen molar-refractivity contribution in [1.29, 1.82) is 0 Å². The van der Waals surface area contributed by atoms with Crippen molar-refractivity contribution in [3.05, 3.63) is 24.0 Å². The fraction of sp³-hybridized carbons (Fsp3) is 0.375. The lowest BCUT2D eigenvalue weighted by molar-refractivity contribution is -0.114. The Bertz CT molecular complexity index is 314. The number of carbonyl (C=O) groups is 1. The molecule has 0 aliphatic carbocycles. The maximum absolute atomic E-state index is 11.1. The van der Waals surface area contributed by atoms with E-state index in [1.54, 1.807) is 20.2 Å². The molecule has 0 fully saturated rings. The van der Waals surface area contributed by atoms with E-state index in [-0.39, 0.29) is 5.78 Å². The van der Waals surface area contributed by atoms with Crippen molar-refractivity contribution in [2.75, 3.05) is 0 Å². The number of hydrogen-bond donors (Lipinski definition) is 0. The highest BCUT2D eigenvalue weighted by molar-refractivity contribution is 5.95. The zero-order valence-electron chi connectivity index (χ0n) is 7.24. The predicted molar refractivity (Wildman–Crippen MR) is 44.5 cm³/mol. The van der Waals surface area contributed by atoms with Gasteiger partial charge in [0.15, 0.2) is 5.78 Å². The van der Waals surface area contributed by atoms with Crippen LogP contribution in [-0.2, 0) is 18.3 Å². The molecule has 4 heteroatoms. The van der Waals surface area contributed by atoms with E-state index >= 15 is 0 Å². The van der Waals surface area contributed by atoms with E-state index in [4.69, 9.17) is 0 Å². The van der Waals surface area contributed by atoms with E-state index in [2.05, 4.69) is 16.8 Å². The van der Waals surface area contributed by atoms with Gasteiger partial charge in [-0.2, -0.15) is 15.0 Å². The summed E-state index contributed by atoms with van der Waals surface area (Å²) in [5.41, 5.74) is 1.24. The van der Waals surface area contributed by atoms with Crippen molar-refractivity contribution in [2.45, 2.75) is 13.3 Å². The minimum atomic E-state index is 0.00972. The van der Waals surface area contributed by atoms with E-state index in [1.165, 1.54) is 4.80 Å². The summed E-state index contributed by atoms with van der Waals surface area (Å²) in [6.45, 7) is 5.25. The number of nitrogens with zero attached hydrogens (tertiary/aromatic N) is 3. The summed E-state index contributed by atoms with van der Waals surface area (Å²) in [6, 6.07) is 0. The van der Waals surface area contributed by atoms with Crippen molar-refractivity contribution in [3.63, 3.8) is 0 Å². The van der Waals surface area contributed by atoms with Crippen LogP contribution >= 0.6 is 0 Å². The van der Waals surface area contributed by atoms with Gasteiger partial charge in [0.1, 0.15) is 0 Å². The van der Waals surface area contributed by atoms with Crippen LogP contribution in [0, 0.1) is 0 Å². The fourth-order valence-electron chi connectivity index (χ4n) is 0.784. The van der Waals surface area contributed by atoms with E-state index in [9.17, 15) is 4.79 Å². The molecule has 0 aromatic carbocycles. The Kier molecular flexibility index (Phi) is 2.38. The average Bonchev–Trinajstić information content (AvgIpc) is 2.35. The van der Waals surface area contributed by atoms with Gasteiger partial charge < -0.3 is 0 Å². The molecule has 1 rings (SSSR count). The van der Waals surface area contributed by atoms with Gasteiger partial charge in [-0.15, -0.1) is 0 Å². The van der Waals surface area contributed by atoms with Crippen molar-refractivity contribution >= 4 is 5.78 Å². The first-order valence-corrected chi connectivity index (χ1v) is 3.63. The number of allylic oxidation sites excluding steroid dienone is 1. The van der Waals surface area contributed by atoms with Gasteiger partial charge in [0.05, 0.1) is 18.3 Å². The molecule has 0 spiro atoms. The third-order valence-corrected chi connectivity index (χ3v) is 1.46. The minimum Gasteiger partial charge on any atom is -0.294 e. The van der Waals surface area contributed by atoms with Gasteiger partial charge in [0.25, 0.3) is 0 Å². The summed E-state index contributed by atoms with van der Waals surface area (Å²) in [6.07, 6.45) is 1.88. The number of aryl methyl sites for hydroxylation is 1. The molecule has 0 unspecified atom stereocenters. The second kappa shape index (κ2) is 3.30. The normalized spacial score (nSPS) is 9.83. The second-order valence-electron chi connectivity index (χ2n) is 2.71. The number of ketones is 1. The van der Waals surface area contributed by atoms with Gasteiger partial charge >= 0.3 is 0 Å². The average molecular weight is 165 g/mol. The van der Waals surface area contributed by atoms with E-state index < -0.39 is 0 Å². The maximum atomic E-state index is 11.1. The van der Waals surface area contributed by atoms with Crippen molar-refractivity contribution < 1.29 is 4.79 Å². The third kappa shape index (κ3) is 2.02. The van der Waals surface area contributed by atoms with Gasteiger partial charge in [-0.1, -0.05) is 6.58 Å². The zero-order valence-corrected chi connectivity index (χ0v) is 7.24. The Hall–Kier alpha value is -1.45. The molecule has 0 saturated heterocycles. The smallest absolute Gasteiger partial charge is 0.164 e. The molecule has 1 heterocycles. The van der Waals surface area contributed by atoms with E-state index in [0.717, 1.165) is 0 Å². The van der Waals surface area contributed by atoms with Crippen LogP contribution in [0.1, 0.15) is 12.6 Å². The van der Waals surface area contributed by atoms with Crippen LogP contribution in [-0.4, -0.2) is 20.8 Å². The molecule has 0 N–H and O–H groups in total. The van der Waals surface area contributed by atoms with Crippen molar-refractivity contribution in [3.8, 4) is 0 Å². The molecule has 64 valence electrons. The lowest BCUT2D eigenvalue weighted by atomic mass is 10.1. The van der Waals surface area contributed by atoms with Gasteiger partial charge in [0.2, 0.25) is 0 Å². The maximum Gasteiger partial charge on any atom is 0.164 e. The van der Waals surface area contributed by atoms with Crippen LogP contribution in [0.5, 0.6) is 0 Å². The highest BCUT2D eigenvalue weighted by atomic mass is 16.1. The van der Waals surface area contributed by atoms with Gasteiger partial charge in [-0.05, 0) is 12.5 Å². The monoisotopic (exact) mass is 165 g/mol. The predicted octanol–water partition coefficient (Wildman–Crippen LogP) is 0.503. The number of rotatable bonds is 3. The Morgan fingerprint density at radius 3 is 2.83 bits per heavy atom. The molecule has 0 amide bonds. The van der Waals surface area contributed by atoms with Gasteiger partial charge in [-0.25, -0.2) is 0 Å². The lowest BCUT2D eigenvalue weighted by Gasteiger charge is -1.93. The van der Waals surface area contributed by atoms with Crippen LogP contribution < -0.4 is 0 Å². The summed E-state index contributed by atoms with van der Waals surface area (Å²) in [4.78, 5) is 12.6. The first-order chi connectivity index (χ1) is 5.59. The first kappa shape index (κ1) is 8.64. The van der Waals surface area contributed by atoms with Crippen molar-refractivity contribution in [1.82, 2.24) is 15.0 Å². The molecule has 0 aliphatic heterocycles. The van der Waals surface area contributed by atoms with Crippen LogP contribution in [0.25, 0.3) is 0 Å². The highest BCUT2D eigenvalue weighted by Crippen LogP contribution is 1.98. The summed E-state index contributed by atoms with van der Waals surface area (Å²) in [7, 11) is 1.72. The number of aromatic nitrogens is 3. The Morgan fingerprint density at radius 1 is 1.75 bits per heavy atom. The summed E-state index contributed by atoms with van der Waals surface area (Å²) in [5, 5.41) is 7.83. The number of carbonyl (C=O) groups excluding carboxylic acids is 1. The Labute approximate surface area is 70.9 Å². The van der Waals surface area contributed by atoms with E-state index in [0.29, 0.717) is 17.7 Å². The number of Topliss-reactive ketones (excluding diaryl/α,β-unsaturated/α-hetero) is 1. The quantitative estimate of drug-likeness (QED) is 0.613. The molecule has 4 nitrogen and oxygen atoms in total. The molecular weight excluding hydrogens is 154 g/mol. The minimum absolute atomic E-state index is 0.00972. The molecular formula is C8H11N3O. The molecule has 0 saturated carbocycles. The molecule has 0 aliphatic rings. The lowest BCUT2D eigenvalue weighted by Crippen LogP contribution is -2.04. The largest absolute Gasteiger partial charge is 0.294 e. The van der Waals surface area contributed by atoms with Crippen LogP contribution in [0.4, 0.5) is 0 Å². The van der Waals surface area contributed by atoms with E-state index in [1.807, 2.05) is 0 Å². The number of hydrogen-bond acceptors (Lipinski definition) is 3. The van der Waals surface area contributed by atoms with Gasteiger partial charge in [0, 0.05) is 7.05 Å². The summed E-state index contributed by atoms with van der Waals surface area (Å²) >= 11 is 0. The zero-order chi connectivity index (χ0) is 9.14. The Morgan fingerprint density at radius 2 is 2.42 bits per heavy atom. The third-order valence-electron chi connectivity index (χ3n) is 1.46. The first-order valence-electron chi connectivity index (χ1n) is 3.63. The van der Waals surface area contributed by atoms with Gasteiger partial charge in [-0.3, -0.25) is 4.79 Å². The highest BCUT2D eigenvalue weighted by Gasteiger charge is 2.06. The van der Waals surface area contributed by atoms with Crippen LogP contribution in [0.2, 0.25) is 0 Å². The molecule has 12 heavy (non-hydrogen) atoms. The summed E-state index contributed by atoms with van der Waals surface area (Å²) < 4.78 is 0. The molecule has 1 aromatic heterocycles. The van der Waals surface area contributed by atoms with Crippen LogP contribution in [0.3, 0.4) is 0 Å². The SMILES string of the molecule is C=C(C)C(=O)Cc1cnn(C)n1. The van der Waals surface area contributed by atoms with Crippen LogP contribution in [0.15, 0.2) is 18.3 Å². The molecule has 1 aromatic rings. The van der Waals surface area contributed by atoms with Crippen molar-refractivity contribution in [2.24, 2.45) is 7.05 Å². The Balaban J connectivity index is 2.64. The second-order valence-corrected chi connectivity index (χ2v) is 2.71. The summed E-state index contributed by atoms with van der Waals surface area (Å²) in [5.74, 6) is 0.00972. The molecule has 0 bridgehead atoms.